The van der Waals surface area contributed by atoms with Gasteiger partial charge in [-0.2, -0.15) is 0 Å². The second-order valence-corrected chi connectivity index (χ2v) is 8.61. The molecule has 0 spiro atoms. The highest BCUT2D eigenvalue weighted by atomic mass is 35.5. The standard InChI is InChI=1S/C24H31ClN2O3/c1-4-30-24(29)22-13-16(2)27(17(22)3)15-19-5-9-20(10-6-19)23(28)26-14-18-7-11-21(25)12-8-18/h7-8,11-13,19-20H,4-6,9-10,14-15H2,1-3H3,(H,26,28). The summed E-state index contributed by atoms with van der Waals surface area (Å²) in [6, 6.07) is 9.47. The highest BCUT2D eigenvalue weighted by Crippen LogP contribution is 2.31. The van der Waals surface area contributed by atoms with Crippen molar-refractivity contribution >= 4 is 23.5 Å². The second kappa shape index (κ2) is 10.2. The van der Waals surface area contributed by atoms with Gasteiger partial charge >= 0.3 is 5.97 Å². The predicted octanol–water partition coefficient (Wildman–Crippen LogP) is 5.06. The first kappa shape index (κ1) is 22.4. The molecule has 0 bridgehead atoms. The third-order valence-electron chi connectivity index (χ3n) is 6.11. The Labute approximate surface area is 183 Å². The Morgan fingerprint density at radius 1 is 1.13 bits per heavy atom. The van der Waals surface area contributed by atoms with E-state index in [2.05, 4.69) is 9.88 Å². The number of ether oxygens (including phenoxy) is 1. The Morgan fingerprint density at radius 3 is 2.43 bits per heavy atom. The molecular formula is C24H31ClN2O3. The normalized spacial score (nSPS) is 18.8. The summed E-state index contributed by atoms with van der Waals surface area (Å²) in [5, 5.41) is 3.76. The Kier molecular flexibility index (Phi) is 7.59. The monoisotopic (exact) mass is 430 g/mol. The lowest BCUT2D eigenvalue weighted by Gasteiger charge is -2.29. The summed E-state index contributed by atoms with van der Waals surface area (Å²) in [6.07, 6.45) is 3.85. The molecule has 2 aromatic rings. The number of nitrogens with one attached hydrogen (secondary N) is 1. The van der Waals surface area contributed by atoms with Crippen LogP contribution >= 0.6 is 11.6 Å². The number of aryl methyl sites for hydroxylation is 1. The second-order valence-electron chi connectivity index (χ2n) is 8.18. The summed E-state index contributed by atoms with van der Waals surface area (Å²) in [7, 11) is 0. The minimum absolute atomic E-state index is 0.0792. The van der Waals surface area contributed by atoms with Gasteiger partial charge in [-0.15, -0.1) is 0 Å². The molecule has 6 heteroatoms. The van der Waals surface area contributed by atoms with Crippen LogP contribution in [0.15, 0.2) is 30.3 Å². The molecule has 162 valence electrons. The van der Waals surface area contributed by atoms with Crippen LogP contribution in [-0.2, 0) is 22.6 Å². The molecule has 1 aliphatic rings. The van der Waals surface area contributed by atoms with Crippen molar-refractivity contribution in [3.05, 3.63) is 57.9 Å². The van der Waals surface area contributed by atoms with Crippen molar-refractivity contribution in [3.8, 4) is 0 Å². The number of rotatable bonds is 7. The predicted molar refractivity (Wildman–Crippen MR) is 119 cm³/mol. The van der Waals surface area contributed by atoms with E-state index in [1.807, 2.05) is 51.1 Å². The highest BCUT2D eigenvalue weighted by Gasteiger charge is 2.27. The molecule has 1 heterocycles. The molecule has 1 fully saturated rings. The van der Waals surface area contributed by atoms with Crippen molar-refractivity contribution in [2.75, 3.05) is 6.61 Å². The summed E-state index contributed by atoms with van der Waals surface area (Å²) in [5.41, 5.74) is 3.76. The molecule has 1 saturated carbocycles. The van der Waals surface area contributed by atoms with Gasteiger partial charge in [0.05, 0.1) is 12.2 Å². The van der Waals surface area contributed by atoms with Crippen LogP contribution in [0.2, 0.25) is 5.02 Å². The lowest BCUT2D eigenvalue weighted by molar-refractivity contribution is -0.126. The van der Waals surface area contributed by atoms with Gasteiger partial charge in [0, 0.05) is 35.4 Å². The fourth-order valence-electron chi connectivity index (χ4n) is 4.30. The quantitative estimate of drug-likeness (QED) is 0.624. The average Bonchev–Trinajstić information content (AvgIpc) is 3.02. The molecular weight excluding hydrogens is 400 g/mol. The van der Waals surface area contributed by atoms with Gasteiger partial charge in [0.15, 0.2) is 0 Å². The van der Waals surface area contributed by atoms with E-state index in [0.29, 0.717) is 29.7 Å². The summed E-state index contributed by atoms with van der Waals surface area (Å²) >= 11 is 5.91. The van der Waals surface area contributed by atoms with Gasteiger partial charge in [0.1, 0.15) is 0 Å². The number of esters is 1. The summed E-state index contributed by atoms with van der Waals surface area (Å²) in [6.45, 7) is 7.64. The number of halogens is 1. The lowest BCUT2D eigenvalue weighted by atomic mass is 9.81. The van der Waals surface area contributed by atoms with Gasteiger partial charge in [-0.25, -0.2) is 4.79 Å². The molecule has 3 rings (SSSR count). The van der Waals surface area contributed by atoms with Crippen LogP contribution in [0.25, 0.3) is 0 Å². The van der Waals surface area contributed by atoms with Crippen molar-refractivity contribution in [3.63, 3.8) is 0 Å². The van der Waals surface area contributed by atoms with Crippen LogP contribution in [0.4, 0.5) is 0 Å². The number of amides is 1. The number of hydrogen-bond acceptors (Lipinski definition) is 3. The lowest BCUT2D eigenvalue weighted by Crippen LogP contribution is -2.33. The van der Waals surface area contributed by atoms with E-state index in [1.165, 1.54) is 0 Å². The summed E-state index contributed by atoms with van der Waals surface area (Å²) in [4.78, 5) is 24.7. The molecule has 0 aliphatic heterocycles. The minimum atomic E-state index is -0.252. The average molecular weight is 431 g/mol. The molecule has 1 N–H and O–H groups in total. The third-order valence-corrected chi connectivity index (χ3v) is 6.36. The fourth-order valence-corrected chi connectivity index (χ4v) is 4.42. The van der Waals surface area contributed by atoms with E-state index in [4.69, 9.17) is 16.3 Å². The van der Waals surface area contributed by atoms with E-state index in [0.717, 1.165) is 49.2 Å². The Bertz CT molecular complexity index is 881. The SMILES string of the molecule is CCOC(=O)c1cc(C)n(CC2CCC(C(=O)NCc3ccc(Cl)cc3)CC2)c1C. The first-order valence-corrected chi connectivity index (χ1v) is 11.1. The minimum Gasteiger partial charge on any atom is -0.462 e. The van der Waals surface area contributed by atoms with Crippen LogP contribution in [-0.4, -0.2) is 23.1 Å². The fraction of sp³-hybridized carbons (Fsp3) is 0.500. The summed E-state index contributed by atoms with van der Waals surface area (Å²) in [5.74, 6) is 0.486. The van der Waals surface area contributed by atoms with Gasteiger partial charge < -0.3 is 14.6 Å². The van der Waals surface area contributed by atoms with Gasteiger partial charge in [0.25, 0.3) is 0 Å². The maximum Gasteiger partial charge on any atom is 0.339 e. The number of aromatic nitrogens is 1. The number of hydrogen-bond donors (Lipinski definition) is 1. The molecule has 1 aromatic carbocycles. The van der Waals surface area contributed by atoms with E-state index in [9.17, 15) is 9.59 Å². The van der Waals surface area contributed by atoms with E-state index in [-0.39, 0.29) is 17.8 Å². The van der Waals surface area contributed by atoms with Crippen LogP contribution in [0.1, 0.15) is 59.9 Å². The van der Waals surface area contributed by atoms with E-state index in [1.54, 1.807) is 0 Å². The molecule has 1 amide bonds. The molecule has 0 atom stereocenters. The van der Waals surface area contributed by atoms with Crippen LogP contribution in [0.5, 0.6) is 0 Å². The molecule has 0 unspecified atom stereocenters. The zero-order valence-corrected chi connectivity index (χ0v) is 18.8. The Morgan fingerprint density at radius 2 is 1.80 bits per heavy atom. The maximum atomic E-state index is 12.6. The van der Waals surface area contributed by atoms with Gasteiger partial charge in [0.2, 0.25) is 5.91 Å². The molecule has 1 aromatic heterocycles. The molecule has 0 radical (unpaired) electrons. The largest absolute Gasteiger partial charge is 0.462 e. The molecule has 30 heavy (non-hydrogen) atoms. The third kappa shape index (κ3) is 5.45. The number of carbonyl (C=O) groups excluding carboxylic acids is 2. The Balaban J connectivity index is 1.50. The van der Waals surface area contributed by atoms with Gasteiger partial charge in [-0.1, -0.05) is 23.7 Å². The van der Waals surface area contributed by atoms with E-state index >= 15 is 0 Å². The van der Waals surface area contributed by atoms with E-state index < -0.39 is 0 Å². The molecule has 5 nitrogen and oxygen atoms in total. The first-order valence-electron chi connectivity index (χ1n) is 10.7. The molecule has 0 saturated heterocycles. The van der Waals surface area contributed by atoms with Crippen molar-refractivity contribution in [2.45, 2.75) is 59.5 Å². The topological polar surface area (TPSA) is 60.3 Å². The van der Waals surface area contributed by atoms with Crippen molar-refractivity contribution in [1.82, 2.24) is 9.88 Å². The number of nitrogens with zero attached hydrogens (tertiary/aromatic N) is 1. The van der Waals surface area contributed by atoms with Gasteiger partial charge in [-0.3, -0.25) is 4.79 Å². The smallest absolute Gasteiger partial charge is 0.339 e. The molecule has 1 aliphatic carbocycles. The van der Waals surface area contributed by atoms with Crippen molar-refractivity contribution in [2.24, 2.45) is 11.8 Å². The first-order chi connectivity index (χ1) is 14.4. The van der Waals surface area contributed by atoms with Gasteiger partial charge in [-0.05, 0) is 76.1 Å². The number of carbonyl (C=O) groups is 2. The Hall–Kier alpha value is -2.27. The van der Waals surface area contributed by atoms with Crippen LogP contribution < -0.4 is 5.32 Å². The zero-order valence-electron chi connectivity index (χ0n) is 18.0. The summed E-state index contributed by atoms with van der Waals surface area (Å²) < 4.78 is 7.39. The van der Waals surface area contributed by atoms with Crippen LogP contribution in [0, 0.1) is 25.7 Å². The van der Waals surface area contributed by atoms with Crippen LogP contribution in [0.3, 0.4) is 0 Å². The number of benzene rings is 1. The van der Waals surface area contributed by atoms with Crippen molar-refractivity contribution in [1.29, 1.82) is 0 Å². The highest BCUT2D eigenvalue weighted by molar-refractivity contribution is 6.30. The zero-order chi connectivity index (χ0) is 21.7. The van der Waals surface area contributed by atoms with Crippen molar-refractivity contribution < 1.29 is 14.3 Å². The maximum absolute atomic E-state index is 12.6.